The van der Waals surface area contributed by atoms with Gasteiger partial charge in [0, 0.05) is 23.1 Å². The summed E-state index contributed by atoms with van der Waals surface area (Å²) in [4.78, 5) is 0. The first-order valence-electron chi connectivity index (χ1n) is 6.34. The van der Waals surface area contributed by atoms with Crippen LogP contribution in [0, 0.1) is 12.8 Å². The van der Waals surface area contributed by atoms with Gasteiger partial charge in [-0.15, -0.1) is 0 Å². The van der Waals surface area contributed by atoms with Gasteiger partial charge < -0.3 is 10.5 Å². The fourth-order valence-electron chi connectivity index (χ4n) is 2.39. The van der Waals surface area contributed by atoms with Gasteiger partial charge in [0.1, 0.15) is 5.75 Å². The highest BCUT2D eigenvalue weighted by Gasteiger charge is 2.30. The number of ether oxygens (including phenoxy) is 1. The lowest BCUT2D eigenvalue weighted by Crippen LogP contribution is -2.31. The van der Waals surface area contributed by atoms with Crippen molar-refractivity contribution in [3.8, 4) is 5.75 Å². The Morgan fingerprint density at radius 1 is 1.29 bits per heavy atom. The number of rotatable bonds is 0. The van der Waals surface area contributed by atoms with Gasteiger partial charge in [-0.05, 0) is 12.3 Å². The summed E-state index contributed by atoms with van der Waals surface area (Å²) >= 11 is 0. The molecule has 1 aromatic carbocycles. The molecule has 0 saturated carbocycles. The maximum Gasteiger partial charge on any atom is 0.127 e. The molecule has 1 aromatic rings. The Bertz CT molecular complexity index is 431. The molecule has 0 aliphatic carbocycles. The standard InChI is InChI=1S/C15H23NO/c1-9-6-11-13(16)10(2)8-17-14(11)12(7-9)15(3,4)5/h6-7,10,13H,8,16H2,1-5H3. The molecule has 0 spiro atoms. The van der Waals surface area contributed by atoms with E-state index in [0.29, 0.717) is 5.92 Å². The molecule has 0 bridgehead atoms. The zero-order chi connectivity index (χ0) is 12.8. The largest absolute Gasteiger partial charge is 0.493 e. The Kier molecular flexibility index (Phi) is 2.94. The second-order valence-electron chi connectivity index (χ2n) is 6.29. The third-order valence-corrected chi connectivity index (χ3v) is 3.53. The minimum absolute atomic E-state index is 0.0937. The molecule has 2 rings (SSSR count). The van der Waals surface area contributed by atoms with Crippen molar-refractivity contribution < 1.29 is 4.74 Å². The summed E-state index contributed by atoms with van der Waals surface area (Å²) in [5.41, 5.74) is 10.1. The van der Waals surface area contributed by atoms with Crippen LogP contribution in [0.1, 0.15) is 50.4 Å². The first kappa shape index (κ1) is 12.4. The van der Waals surface area contributed by atoms with Crippen LogP contribution in [-0.2, 0) is 5.41 Å². The van der Waals surface area contributed by atoms with Crippen LogP contribution in [0.5, 0.6) is 5.75 Å². The van der Waals surface area contributed by atoms with Crippen molar-refractivity contribution in [2.75, 3.05) is 6.61 Å². The first-order chi connectivity index (χ1) is 7.80. The molecular weight excluding hydrogens is 210 g/mol. The molecule has 0 saturated heterocycles. The van der Waals surface area contributed by atoms with Crippen molar-refractivity contribution in [2.24, 2.45) is 11.7 Å². The van der Waals surface area contributed by atoms with E-state index in [4.69, 9.17) is 10.5 Å². The van der Waals surface area contributed by atoms with Crippen LogP contribution in [0.15, 0.2) is 12.1 Å². The molecular formula is C15H23NO. The highest BCUT2D eigenvalue weighted by atomic mass is 16.5. The SMILES string of the molecule is Cc1cc2c(c(C(C)(C)C)c1)OCC(C)C2N. The summed E-state index contributed by atoms with van der Waals surface area (Å²) in [6.07, 6.45) is 0. The van der Waals surface area contributed by atoms with Crippen molar-refractivity contribution >= 4 is 0 Å². The average molecular weight is 233 g/mol. The fourth-order valence-corrected chi connectivity index (χ4v) is 2.39. The Labute approximate surface area is 104 Å². The Balaban J connectivity index is 2.61. The number of hydrogen-bond donors (Lipinski definition) is 1. The second kappa shape index (κ2) is 4.02. The molecule has 0 fully saturated rings. The fraction of sp³-hybridized carbons (Fsp3) is 0.600. The van der Waals surface area contributed by atoms with E-state index in [0.717, 1.165) is 12.4 Å². The zero-order valence-electron chi connectivity index (χ0n) is 11.5. The van der Waals surface area contributed by atoms with Gasteiger partial charge in [-0.25, -0.2) is 0 Å². The molecule has 2 heteroatoms. The predicted octanol–water partition coefficient (Wildman–Crippen LogP) is 3.32. The van der Waals surface area contributed by atoms with E-state index in [1.165, 1.54) is 16.7 Å². The van der Waals surface area contributed by atoms with Crippen molar-refractivity contribution in [3.05, 3.63) is 28.8 Å². The quantitative estimate of drug-likeness (QED) is 0.746. The van der Waals surface area contributed by atoms with Crippen molar-refractivity contribution in [1.82, 2.24) is 0 Å². The lowest BCUT2D eigenvalue weighted by atomic mass is 9.81. The lowest BCUT2D eigenvalue weighted by molar-refractivity contribution is 0.202. The minimum atomic E-state index is 0.0937. The van der Waals surface area contributed by atoms with Crippen molar-refractivity contribution in [1.29, 1.82) is 0 Å². The molecule has 2 atom stereocenters. The minimum Gasteiger partial charge on any atom is -0.493 e. The number of fused-ring (bicyclic) bond motifs is 1. The van der Waals surface area contributed by atoms with E-state index in [9.17, 15) is 0 Å². The lowest BCUT2D eigenvalue weighted by Gasteiger charge is -2.33. The van der Waals surface area contributed by atoms with E-state index < -0.39 is 0 Å². The third kappa shape index (κ3) is 2.19. The zero-order valence-corrected chi connectivity index (χ0v) is 11.5. The summed E-state index contributed by atoms with van der Waals surface area (Å²) in [5.74, 6) is 1.41. The number of hydrogen-bond acceptors (Lipinski definition) is 2. The van der Waals surface area contributed by atoms with Crippen molar-refractivity contribution in [3.63, 3.8) is 0 Å². The summed E-state index contributed by atoms with van der Waals surface area (Å²) in [6.45, 7) is 11.6. The molecule has 2 N–H and O–H groups in total. The van der Waals surface area contributed by atoms with Gasteiger partial charge in [-0.1, -0.05) is 45.4 Å². The molecule has 1 aliphatic rings. The predicted molar refractivity (Wildman–Crippen MR) is 71.5 cm³/mol. The van der Waals surface area contributed by atoms with Gasteiger partial charge >= 0.3 is 0 Å². The molecule has 1 heterocycles. The average Bonchev–Trinajstić information content (AvgIpc) is 2.22. The molecule has 0 amide bonds. The monoisotopic (exact) mass is 233 g/mol. The molecule has 0 radical (unpaired) electrons. The topological polar surface area (TPSA) is 35.2 Å². The molecule has 2 unspecified atom stereocenters. The Hall–Kier alpha value is -1.02. The van der Waals surface area contributed by atoms with E-state index in [1.807, 2.05) is 0 Å². The van der Waals surface area contributed by atoms with E-state index in [-0.39, 0.29) is 11.5 Å². The van der Waals surface area contributed by atoms with Gasteiger partial charge in [0.25, 0.3) is 0 Å². The summed E-state index contributed by atoms with van der Waals surface area (Å²) in [7, 11) is 0. The summed E-state index contributed by atoms with van der Waals surface area (Å²) in [6, 6.07) is 4.49. The van der Waals surface area contributed by atoms with E-state index in [1.54, 1.807) is 0 Å². The van der Waals surface area contributed by atoms with Gasteiger partial charge in [-0.3, -0.25) is 0 Å². The highest BCUT2D eigenvalue weighted by molar-refractivity contribution is 5.50. The van der Waals surface area contributed by atoms with Gasteiger partial charge in [0.2, 0.25) is 0 Å². The van der Waals surface area contributed by atoms with Gasteiger partial charge in [0.15, 0.2) is 0 Å². The van der Waals surface area contributed by atoms with Crippen LogP contribution >= 0.6 is 0 Å². The molecule has 17 heavy (non-hydrogen) atoms. The van der Waals surface area contributed by atoms with Crippen molar-refractivity contribution in [2.45, 2.75) is 46.1 Å². The molecule has 2 nitrogen and oxygen atoms in total. The molecule has 94 valence electrons. The molecule has 0 aromatic heterocycles. The third-order valence-electron chi connectivity index (χ3n) is 3.53. The summed E-state index contributed by atoms with van der Waals surface area (Å²) in [5, 5.41) is 0. The van der Waals surface area contributed by atoms with Crippen LogP contribution in [-0.4, -0.2) is 6.61 Å². The second-order valence-corrected chi connectivity index (χ2v) is 6.29. The van der Waals surface area contributed by atoms with Crippen LogP contribution in [0.25, 0.3) is 0 Å². The number of nitrogens with two attached hydrogens (primary N) is 1. The van der Waals surface area contributed by atoms with Gasteiger partial charge in [-0.2, -0.15) is 0 Å². The maximum absolute atomic E-state index is 6.29. The van der Waals surface area contributed by atoms with Crippen LogP contribution in [0.3, 0.4) is 0 Å². The first-order valence-corrected chi connectivity index (χ1v) is 6.34. The summed E-state index contributed by atoms with van der Waals surface area (Å²) < 4.78 is 5.94. The maximum atomic E-state index is 6.29. The smallest absolute Gasteiger partial charge is 0.127 e. The Morgan fingerprint density at radius 2 is 1.94 bits per heavy atom. The van der Waals surface area contributed by atoms with Gasteiger partial charge in [0.05, 0.1) is 6.61 Å². The number of aryl methyl sites for hydroxylation is 1. The Morgan fingerprint density at radius 3 is 2.53 bits per heavy atom. The number of benzene rings is 1. The normalized spacial score (nSPS) is 24.1. The van der Waals surface area contributed by atoms with E-state index in [2.05, 4.69) is 46.8 Å². The van der Waals surface area contributed by atoms with Crippen LogP contribution in [0.2, 0.25) is 0 Å². The van der Waals surface area contributed by atoms with Crippen LogP contribution < -0.4 is 10.5 Å². The molecule has 1 aliphatic heterocycles. The van der Waals surface area contributed by atoms with Crippen LogP contribution in [0.4, 0.5) is 0 Å². The van der Waals surface area contributed by atoms with E-state index >= 15 is 0 Å². The highest BCUT2D eigenvalue weighted by Crippen LogP contribution is 2.41.